The second kappa shape index (κ2) is 8.99. The largest absolute Gasteiger partial charge is 0.358 e. The first kappa shape index (κ1) is 19.4. The number of nitrogens with one attached hydrogen (secondary N) is 1. The van der Waals surface area contributed by atoms with Crippen LogP contribution in [0.1, 0.15) is 18.4 Å². The minimum absolute atomic E-state index is 0.0488. The highest BCUT2D eigenvalue weighted by Crippen LogP contribution is 2.14. The number of carbonyl (C=O) groups is 3. The van der Waals surface area contributed by atoms with Crippen LogP contribution in [0, 0.1) is 0 Å². The number of piperazine rings is 1. The summed E-state index contributed by atoms with van der Waals surface area (Å²) < 4.78 is 0. The average Bonchev–Trinajstić information content (AvgIpc) is 3.10. The molecule has 2 aliphatic heterocycles. The van der Waals surface area contributed by atoms with Gasteiger partial charge >= 0.3 is 0 Å². The summed E-state index contributed by atoms with van der Waals surface area (Å²) in [7, 11) is 1.63. The zero-order valence-electron chi connectivity index (χ0n) is 15.9. The predicted octanol–water partition coefficient (Wildman–Crippen LogP) is 0.110. The van der Waals surface area contributed by atoms with Gasteiger partial charge < -0.3 is 15.1 Å². The molecular formula is C20H28N4O3. The highest BCUT2D eigenvalue weighted by molar-refractivity contribution is 5.87. The van der Waals surface area contributed by atoms with Crippen molar-refractivity contribution in [2.75, 3.05) is 46.3 Å². The summed E-state index contributed by atoms with van der Waals surface area (Å²) in [6.45, 7) is 3.17. The molecule has 2 fully saturated rings. The van der Waals surface area contributed by atoms with Crippen LogP contribution in [-0.2, 0) is 20.8 Å². The van der Waals surface area contributed by atoms with Crippen LogP contribution < -0.4 is 5.32 Å². The van der Waals surface area contributed by atoms with E-state index in [-0.39, 0.29) is 30.3 Å². The lowest BCUT2D eigenvalue weighted by molar-refractivity contribution is -0.142. The van der Waals surface area contributed by atoms with Gasteiger partial charge in [-0.2, -0.15) is 0 Å². The fourth-order valence-corrected chi connectivity index (χ4v) is 3.78. The van der Waals surface area contributed by atoms with Crippen molar-refractivity contribution >= 4 is 17.7 Å². The fraction of sp³-hybridized carbons (Fsp3) is 0.550. The molecule has 3 rings (SSSR count). The molecule has 7 heteroatoms. The maximum absolute atomic E-state index is 12.6. The molecule has 0 bridgehead atoms. The molecule has 0 radical (unpaired) electrons. The standard InChI is InChI=1S/C20H28N4O3/c1-21-20(27)17-14-24(19(26)15-23-10-5-8-18(23)25)13-12-22(17)11-9-16-6-3-2-4-7-16/h2-4,6-7,17H,5,8-15H2,1H3,(H,21,27). The molecule has 146 valence electrons. The van der Waals surface area contributed by atoms with Gasteiger partial charge in [-0.15, -0.1) is 0 Å². The molecule has 0 saturated carbocycles. The molecule has 0 aliphatic carbocycles. The number of nitrogens with zero attached hydrogens (tertiary/aromatic N) is 3. The first-order chi connectivity index (χ1) is 13.1. The van der Waals surface area contributed by atoms with Gasteiger partial charge in [-0.1, -0.05) is 30.3 Å². The molecule has 2 saturated heterocycles. The third-order valence-electron chi connectivity index (χ3n) is 5.42. The third kappa shape index (κ3) is 4.86. The van der Waals surface area contributed by atoms with Gasteiger partial charge in [-0.05, 0) is 18.4 Å². The van der Waals surface area contributed by atoms with Crippen LogP contribution in [0.3, 0.4) is 0 Å². The van der Waals surface area contributed by atoms with Gasteiger partial charge in [0.05, 0.1) is 6.54 Å². The van der Waals surface area contributed by atoms with Crippen LogP contribution in [0.5, 0.6) is 0 Å². The van der Waals surface area contributed by atoms with Crippen LogP contribution in [0.4, 0.5) is 0 Å². The molecular weight excluding hydrogens is 344 g/mol. The van der Waals surface area contributed by atoms with Crippen LogP contribution in [0.2, 0.25) is 0 Å². The Hall–Kier alpha value is -2.41. The number of benzene rings is 1. The van der Waals surface area contributed by atoms with Crippen molar-refractivity contribution in [3.63, 3.8) is 0 Å². The molecule has 0 aromatic heterocycles. The Balaban J connectivity index is 1.59. The fourth-order valence-electron chi connectivity index (χ4n) is 3.78. The van der Waals surface area contributed by atoms with Crippen molar-refractivity contribution in [3.05, 3.63) is 35.9 Å². The molecule has 1 unspecified atom stereocenters. The zero-order chi connectivity index (χ0) is 19.2. The minimum atomic E-state index is -0.356. The first-order valence-corrected chi connectivity index (χ1v) is 9.63. The molecule has 2 heterocycles. The second-order valence-corrected chi connectivity index (χ2v) is 7.16. The van der Waals surface area contributed by atoms with E-state index in [1.807, 2.05) is 18.2 Å². The summed E-state index contributed by atoms with van der Waals surface area (Å²) in [4.78, 5) is 42.3. The van der Waals surface area contributed by atoms with E-state index < -0.39 is 0 Å². The number of carbonyl (C=O) groups excluding carboxylic acids is 3. The molecule has 3 amide bonds. The van der Waals surface area contributed by atoms with Crippen molar-refractivity contribution in [2.45, 2.75) is 25.3 Å². The van der Waals surface area contributed by atoms with Crippen LogP contribution in [0.15, 0.2) is 30.3 Å². The third-order valence-corrected chi connectivity index (χ3v) is 5.42. The van der Waals surface area contributed by atoms with E-state index in [2.05, 4.69) is 22.3 Å². The topological polar surface area (TPSA) is 73.0 Å². The van der Waals surface area contributed by atoms with Crippen molar-refractivity contribution in [2.24, 2.45) is 0 Å². The summed E-state index contributed by atoms with van der Waals surface area (Å²) >= 11 is 0. The molecule has 27 heavy (non-hydrogen) atoms. The SMILES string of the molecule is CNC(=O)C1CN(C(=O)CN2CCCC2=O)CCN1CCc1ccccc1. The number of likely N-dealkylation sites (tertiary alicyclic amines) is 1. The first-order valence-electron chi connectivity index (χ1n) is 9.63. The Morgan fingerprint density at radius 3 is 2.59 bits per heavy atom. The smallest absolute Gasteiger partial charge is 0.242 e. The Labute approximate surface area is 160 Å². The number of hydrogen-bond acceptors (Lipinski definition) is 4. The summed E-state index contributed by atoms with van der Waals surface area (Å²) in [6.07, 6.45) is 2.21. The van der Waals surface area contributed by atoms with Crippen LogP contribution in [0.25, 0.3) is 0 Å². The Kier molecular flexibility index (Phi) is 6.45. The van der Waals surface area contributed by atoms with Gasteiger partial charge in [-0.25, -0.2) is 0 Å². The number of amides is 3. The molecule has 1 aromatic rings. The maximum atomic E-state index is 12.6. The van der Waals surface area contributed by atoms with E-state index in [1.54, 1.807) is 16.8 Å². The summed E-state index contributed by atoms with van der Waals surface area (Å²) in [5.41, 5.74) is 1.24. The van der Waals surface area contributed by atoms with Gasteiger partial charge in [0.1, 0.15) is 6.04 Å². The minimum Gasteiger partial charge on any atom is -0.358 e. The lowest BCUT2D eigenvalue weighted by Gasteiger charge is -2.40. The zero-order valence-corrected chi connectivity index (χ0v) is 15.9. The number of hydrogen-bond donors (Lipinski definition) is 1. The Morgan fingerprint density at radius 1 is 1.15 bits per heavy atom. The van der Waals surface area contributed by atoms with E-state index in [0.29, 0.717) is 32.6 Å². The summed E-state index contributed by atoms with van der Waals surface area (Å²) in [5, 5.41) is 2.72. The predicted molar refractivity (Wildman–Crippen MR) is 102 cm³/mol. The number of likely N-dealkylation sites (N-methyl/N-ethyl adjacent to an activating group) is 1. The molecule has 0 spiro atoms. The van der Waals surface area contributed by atoms with Crippen molar-refractivity contribution in [1.82, 2.24) is 20.0 Å². The summed E-state index contributed by atoms with van der Waals surface area (Å²) in [5.74, 6) is -0.0904. The van der Waals surface area contributed by atoms with Gasteiger partial charge in [0, 0.05) is 46.2 Å². The highest BCUT2D eigenvalue weighted by atomic mass is 16.2. The molecule has 7 nitrogen and oxygen atoms in total. The van der Waals surface area contributed by atoms with Crippen LogP contribution >= 0.6 is 0 Å². The lowest BCUT2D eigenvalue weighted by Crippen LogP contribution is -2.61. The van der Waals surface area contributed by atoms with E-state index in [4.69, 9.17) is 0 Å². The molecule has 1 aromatic carbocycles. The normalized spacial score (nSPS) is 20.8. The highest BCUT2D eigenvalue weighted by Gasteiger charge is 2.34. The van der Waals surface area contributed by atoms with E-state index in [0.717, 1.165) is 19.4 Å². The maximum Gasteiger partial charge on any atom is 0.242 e. The van der Waals surface area contributed by atoms with Gasteiger partial charge in [0.25, 0.3) is 0 Å². The quantitative estimate of drug-likeness (QED) is 0.769. The monoisotopic (exact) mass is 372 g/mol. The number of rotatable bonds is 6. The molecule has 2 aliphatic rings. The summed E-state index contributed by atoms with van der Waals surface area (Å²) in [6, 6.07) is 9.84. The van der Waals surface area contributed by atoms with Crippen LogP contribution in [-0.4, -0.2) is 84.8 Å². The van der Waals surface area contributed by atoms with Gasteiger partial charge in [-0.3, -0.25) is 19.3 Å². The van der Waals surface area contributed by atoms with E-state index in [1.165, 1.54) is 5.56 Å². The van der Waals surface area contributed by atoms with Gasteiger partial charge in [0.15, 0.2) is 0 Å². The van der Waals surface area contributed by atoms with Crippen molar-refractivity contribution in [1.29, 1.82) is 0 Å². The van der Waals surface area contributed by atoms with E-state index >= 15 is 0 Å². The average molecular weight is 372 g/mol. The molecule has 1 atom stereocenters. The Morgan fingerprint density at radius 2 is 1.93 bits per heavy atom. The second-order valence-electron chi connectivity index (χ2n) is 7.16. The van der Waals surface area contributed by atoms with Crippen molar-refractivity contribution < 1.29 is 14.4 Å². The van der Waals surface area contributed by atoms with Crippen molar-refractivity contribution in [3.8, 4) is 0 Å². The van der Waals surface area contributed by atoms with Gasteiger partial charge in [0.2, 0.25) is 17.7 Å². The van der Waals surface area contributed by atoms with E-state index in [9.17, 15) is 14.4 Å². The lowest BCUT2D eigenvalue weighted by atomic mass is 10.1. The Bertz CT molecular complexity index is 679. The molecule has 1 N–H and O–H groups in total.